The largest absolute Gasteiger partial charge is 0.369 e. The summed E-state index contributed by atoms with van der Waals surface area (Å²) in [4.78, 5) is 0. The van der Waals surface area contributed by atoms with E-state index >= 15 is 0 Å². The van der Waals surface area contributed by atoms with Crippen molar-refractivity contribution in [2.75, 3.05) is 11.9 Å². The van der Waals surface area contributed by atoms with E-state index in [1.807, 2.05) is 16.8 Å². The second-order valence-electron chi connectivity index (χ2n) is 6.15. The van der Waals surface area contributed by atoms with Gasteiger partial charge in [0.25, 0.3) is 0 Å². The SMILES string of the molecule is CCc1ccccc1-n1nc(Cc2ccc(F)cc2)c2c1NCC2. The molecule has 0 amide bonds. The van der Waals surface area contributed by atoms with E-state index in [1.54, 1.807) is 0 Å². The van der Waals surface area contributed by atoms with Crippen molar-refractivity contribution in [3.63, 3.8) is 0 Å². The van der Waals surface area contributed by atoms with Gasteiger partial charge in [-0.15, -0.1) is 0 Å². The molecule has 0 atom stereocenters. The van der Waals surface area contributed by atoms with Gasteiger partial charge in [0, 0.05) is 18.5 Å². The Hall–Kier alpha value is -2.62. The highest BCUT2D eigenvalue weighted by molar-refractivity contribution is 5.59. The van der Waals surface area contributed by atoms with Crippen molar-refractivity contribution in [1.29, 1.82) is 0 Å². The summed E-state index contributed by atoms with van der Waals surface area (Å²) in [6.07, 6.45) is 2.68. The van der Waals surface area contributed by atoms with E-state index < -0.39 is 0 Å². The minimum absolute atomic E-state index is 0.201. The number of hydrogen-bond donors (Lipinski definition) is 1. The number of anilines is 1. The first-order valence-electron chi connectivity index (χ1n) is 8.43. The highest BCUT2D eigenvalue weighted by Crippen LogP contribution is 2.31. The van der Waals surface area contributed by atoms with E-state index in [4.69, 9.17) is 5.10 Å². The molecular weight excluding hydrogens is 301 g/mol. The number of aryl methyl sites for hydroxylation is 1. The number of para-hydroxylation sites is 1. The monoisotopic (exact) mass is 321 g/mol. The highest BCUT2D eigenvalue weighted by Gasteiger charge is 2.23. The van der Waals surface area contributed by atoms with Crippen molar-refractivity contribution in [2.45, 2.75) is 26.2 Å². The fourth-order valence-electron chi connectivity index (χ4n) is 3.37. The molecular formula is C20H20FN3. The lowest BCUT2D eigenvalue weighted by atomic mass is 10.1. The van der Waals surface area contributed by atoms with Crippen LogP contribution in [0.2, 0.25) is 0 Å². The maximum absolute atomic E-state index is 13.1. The maximum Gasteiger partial charge on any atom is 0.133 e. The van der Waals surface area contributed by atoms with Gasteiger partial charge in [-0.2, -0.15) is 5.10 Å². The van der Waals surface area contributed by atoms with Gasteiger partial charge in [0.2, 0.25) is 0 Å². The molecule has 1 aliphatic rings. The molecule has 4 rings (SSSR count). The predicted octanol–water partition coefficient (Wildman–Crippen LogP) is 4.13. The second-order valence-corrected chi connectivity index (χ2v) is 6.15. The fourth-order valence-corrected chi connectivity index (χ4v) is 3.37. The smallest absolute Gasteiger partial charge is 0.133 e. The summed E-state index contributed by atoms with van der Waals surface area (Å²) in [7, 11) is 0. The summed E-state index contributed by atoms with van der Waals surface area (Å²) >= 11 is 0. The second kappa shape index (κ2) is 6.11. The molecule has 0 unspecified atom stereocenters. The Balaban J connectivity index is 1.76. The van der Waals surface area contributed by atoms with Crippen LogP contribution >= 0.6 is 0 Å². The number of hydrogen-bond acceptors (Lipinski definition) is 2. The van der Waals surface area contributed by atoms with Gasteiger partial charge in [0.05, 0.1) is 11.4 Å². The van der Waals surface area contributed by atoms with Gasteiger partial charge in [-0.1, -0.05) is 37.3 Å². The first-order chi connectivity index (χ1) is 11.8. The van der Waals surface area contributed by atoms with Gasteiger partial charge < -0.3 is 5.32 Å². The van der Waals surface area contributed by atoms with Crippen LogP contribution in [0.3, 0.4) is 0 Å². The molecule has 0 radical (unpaired) electrons. The van der Waals surface area contributed by atoms with Crippen molar-refractivity contribution in [3.05, 3.63) is 76.7 Å². The van der Waals surface area contributed by atoms with Crippen LogP contribution in [0.5, 0.6) is 0 Å². The topological polar surface area (TPSA) is 29.9 Å². The molecule has 2 aromatic carbocycles. The molecule has 0 aliphatic carbocycles. The molecule has 3 nitrogen and oxygen atoms in total. The van der Waals surface area contributed by atoms with Gasteiger partial charge in [-0.3, -0.25) is 0 Å². The Labute approximate surface area is 141 Å². The minimum Gasteiger partial charge on any atom is -0.369 e. The summed E-state index contributed by atoms with van der Waals surface area (Å²) in [5.41, 5.74) is 5.86. The first-order valence-corrected chi connectivity index (χ1v) is 8.43. The Morgan fingerprint density at radius 3 is 2.71 bits per heavy atom. The van der Waals surface area contributed by atoms with Gasteiger partial charge >= 0.3 is 0 Å². The molecule has 0 bridgehead atoms. The number of halogens is 1. The van der Waals surface area contributed by atoms with Crippen LogP contribution in [-0.4, -0.2) is 16.3 Å². The molecule has 0 saturated heterocycles. The van der Waals surface area contributed by atoms with Crippen molar-refractivity contribution in [2.24, 2.45) is 0 Å². The Morgan fingerprint density at radius 1 is 1.12 bits per heavy atom. The first kappa shape index (κ1) is 14.9. The molecule has 1 aliphatic heterocycles. The standard InChI is InChI=1S/C20H20FN3/c1-2-15-5-3-4-6-19(15)24-20-17(11-12-22-20)18(23-24)13-14-7-9-16(21)10-8-14/h3-10,22H,2,11-13H2,1H3. The number of fused-ring (bicyclic) bond motifs is 1. The summed E-state index contributed by atoms with van der Waals surface area (Å²) in [5, 5.41) is 8.36. The molecule has 0 spiro atoms. The zero-order valence-electron chi connectivity index (χ0n) is 13.7. The van der Waals surface area contributed by atoms with E-state index in [1.165, 1.54) is 23.3 Å². The third kappa shape index (κ3) is 2.58. The summed E-state index contributed by atoms with van der Waals surface area (Å²) < 4.78 is 15.2. The number of nitrogens with one attached hydrogen (secondary N) is 1. The number of aromatic nitrogens is 2. The van der Waals surface area contributed by atoms with E-state index in [-0.39, 0.29) is 5.82 Å². The van der Waals surface area contributed by atoms with Gasteiger partial charge in [-0.05, 0) is 42.2 Å². The summed E-state index contributed by atoms with van der Waals surface area (Å²) in [6.45, 7) is 3.10. The normalized spacial score (nSPS) is 12.9. The van der Waals surface area contributed by atoms with E-state index in [9.17, 15) is 4.39 Å². The lowest BCUT2D eigenvalue weighted by Gasteiger charge is -2.10. The summed E-state index contributed by atoms with van der Waals surface area (Å²) in [6, 6.07) is 15.1. The number of benzene rings is 2. The van der Waals surface area contributed by atoms with Crippen LogP contribution in [0.25, 0.3) is 5.69 Å². The average Bonchev–Trinajstić information content (AvgIpc) is 3.21. The lowest BCUT2D eigenvalue weighted by Crippen LogP contribution is -2.07. The third-order valence-corrected chi connectivity index (χ3v) is 4.62. The van der Waals surface area contributed by atoms with Gasteiger partial charge in [-0.25, -0.2) is 9.07 Å². The zero-order chi connectivity index (χ0) is 16.5. The quantitative estimate of drug-likeness (QED) is 0.783. The lowest BCUT2D eigenvalue weighted by molar-refractivity contribution is 0.627. The molecule has 0 saturated carbocycles. The van der Waals surface area contributed by atoms with Crippen LogP contribution < -0.4 is 5.32 Å². The van der Waals surface area contributed by atoms with Crippen molar-refractivity contribution >= 4 is 5.82 Å². The summed E-state index contributed by atoms with van der Waals surface area (Å²) in [5.74, 6) is 0.904. The Kier molecular flexibility index (Phi) is 3.81. The van der Waals surface area contributed by atoms with Crippen molar-refractivity contribution in [3.8, 4) is 5.69 Å². The third-order valence-electron chi connectivity index (χ3n) is 4.62. The van der Waals surface area contributed by atoms with Crippen LogP contribution in [0.1, 0.15) is 29.3 Å². The van der Waals surface area contributed by atoms with Crippen LogP contribution in [-0.2, 0) is 19.3 Å². The molecule has 1 aromatic heterocycles. The average molecular weight is 321 g/mol. The van der Waals surface area contributed by atoms with Crippen LogP contribution in [0, 0.1) is 5.82 Å². The molecule has 24 heavy (non-hydrogen) atoms. The van der Waals surface area contributed by atoms with Gasteiger partial charge in [0.15, 0.2) is 0 Å². The minimum atomic E-state index is -0.201. The van der Waals surface area contributed by atoms with Crippen LogP contribution in [0.15, 0.2) is 48.5 Å². The van der Waals surface area contributed by atoms with Crippen molar-refractivity contribution < 1.29 is 4.39 Å². The number of nitrogens with zero attached hydrogens (tertiary/aromatic N) is 2. The molecule has 4 heteroatoms. The molecule has 0 fully saturated rings. The molecule has 2 heterocycles. The van der Waals surface area contributed by atoms with E-state index in [0.717, 1.165) is 48.6 Å². The Bertz CT molecular complexity index is 865. The van der Waals surface area contributed by atoms with Crippen LogP contribution in [0.4, 0.5) is 10.2 Å². The Morgan fingerprint density at radius 2 is 1.92 bits per heavy atom. The molecule has 1 N–H and O–H groups in total. The van der Waals surface area contributed by atoms with E-state index in [0.29, 0.717) is 0 Å². The fraction of sp³-hybridized carbons (Fsp3) is 0.250. The van der Waals surface area contributed by atoms with Crippen molar-refractivity contribution in [1.82, 2.24) is 9.78 Å². The van der Waals surface area contributed by atoms with Gasteiger partial charge in [0.1, 0.15) is 11.6 Å². The zero-order valence-corrected chi connectivity index (χ0v) is 13.7. The highest BCUT2D eigenvalue weighted by atomic mass is 19.1. The van der Waals surface area contributed by atoms with E-state index in [2.05, 4.69) is 36.5 Å². The molecule has 122 valence electrons. The maximum atomic E-state index is 13.1. The number of rotatable bonds is 4. The molecule has 3 aromatic rings. The predicted molar refractivity (Wildman–Crippen MR) is 94.3 cm³/mol.